The average Bonchev–Trinajstić information content (AvgIpc) is 2.97. The fourth-order valence-corrected chi connectivity index (χ4v) is 6.80. The zero-order valence-electron chi connectivity index (χ0n) is 18.9. The van der Waals surface area contributed by atoms with Crippen LogP contribution in [-0.4, -0.2) is 59.0 Å². The number of carboxylic acids is 1. The highest BCUT2D eigenvalue weighted by molar-refractivity contribution is 8.05. The Hall–Kier alpha value is -2.47. The van der Waals surface area contributed by atoms with Gasteiger partial charge in [0.25, 0.3) is 5.69 Å². The lowest BCUT2D eigenvalue weighted by Crippen LogP contribution is -2.65. The maximum Gasteiger partial charge on any atom is 0.353 e. The summed E-state index contributed by atoms with van der Waals surface area (Å²) in [5.74, 6) is -2.24. The van der Waals surface area contributed by atoms with Crippen LogP contribution in [-0.2, 0) is 20.4 Å². The van der Waals surface area contributed by atoms with Crippen LogP contribution in [0.2, 0.25) is 19.6 Å². The number of benzene rings is 1. The van der Waals surface area contributed by atoms with Crippen LogP contribution in [0.5, 0.6) is 0 Å². The van der Waals surface area contributed by atoms with Crippen molar-refractivity contribution in [3.63, 3.8) is 0 Å². The van der Waals surface area contributed by atoms with Gasteiger partial charge < -0.3 is 19.5 Å². The van der Waals surface area contributed by atoms with Crippen molar-refractivity contribution in [2.45, 2.75) is 45.1 Å². The zero-order chi connectivity index (χ0) is 24.5. The first kappa shape index (κ1) is 25.2. The SMILES string of the molecule is C[C@H](O[Si](C)(C)C)[C@@H]1C(=O)N2C(C(=O)O)=C(SC=CCO)C(Cc3ccc([N+](=O)[O-])cc3)[C@@H]12. The van der Waals surface area contributed by atoms with Crippen LogP contribution in [0.1, 0.15) is 12.5 Å². The van der Waals surface area contributed by atoms with E-state index in [4.69, 9.17) is 9.53 Å². The smallest absolute Gasteiger partial charge is 0.353 e. The molecule has 1 unspecified atom stereocenters. The third-order valence-electron chi connectivity index (χ3n) is 5.66. The van der Waals surface area contributed by atoms with Crippen LogP contribution >= 0.6 is 11.8 Å². The van der Waals surface area contributed by atoms with Gasteiger partial charge in [-0.2, -0.15) is 0 Å². The van der Waals surface area contributed by atoms with E-state index >= 15 is 0 Å². The van der Waals surface area contributed by atoms with E-state index in [0.717, 1.165) is 5.56 Å². The van der Waals surface area contributed by atoms with Gasteiger partial charge in [0.2, 0.25) is 5.91 Å². The molecule has 0 aliphatic carbocycles. The molecule has 33 heavy (non-hydrogen) atoms. The molecule has 0 aromatic heterocycles. The fourth-order valence-electron chi connectivity index (χ4n) is 4.52. The van der Waals surface area contributed by atoms with Gasteiger partial charge in [0, 0.05) is 23.0 Å². The molecule has 1 saturated heterocycles. The quantitative estimate of drug-likeness (QED) is 0.220. The van der Waals surface area contributed by atoms with Crippen LogP contribution in [0.3, 0.4) is 0 Å². The van der Waals surface area contributed by atoms with Gasteiger partial charge in [0.1, 0.15) is 5.70 Å². The topological polar surface area (TPSA) is 130 Å². The normalized spacial score (nSPS) is 23.6. The van der Waals surface area contributed by atoms with Gasteiger partial charge in [-0.1, -0.05) is 30.0 Å². The van der Waals surface area contributed by atoms with Gasteiger partial charge in [0.05, 0.1) is 29.6 Å². The highest BCUT2D eigenvalue weighted by atomic mass is 32.2. The predicted octanol–water partition coefficient (Wildman–Crippen LogP) is 3.37. The number of nitro benzene ring substituents is 1. The lowest BCUT2D eigenvalue weighted by Gasteiger charge is -2.49. The van der Waals surface area contributed by atoms with Gasteiger partial charge in [-0.3, -0.25) is 14.9 Å². The zero-order valence-corrected chi connectivity index (χ0v) is 20.7. The number of fused-ring (bicyclic) bond motifs is 1. The first-order valence-corrected chi connectivity index (χ1v) is 14.9. The number of aliphatic hydroxyl groups is 1. The molecule has 2 aliphatic heterocycles. The van der Waals surface area contributed by atoms with Crippen LogP contribution in [0.4, 0.5) is 5.69 Å². The van der Waals surface area contributed by atoms with Crippen molar-refractivity contribution in [2.24, 2.45) is 11.8 Å². The molecular weight excluding hydrogens is 464 g/mol. The Bertz CT molecular complexity index is 1000. The minimum atomic E-state index is -1.94. The van der Waals surface area contributed by atoms with Crippen LogP contribution in [0.25, 0.3) is 0 Å². The Kier molecular flexibility index (Phi) is 7.47. The van der Waals surface area contributed by atoms with E-state index in [-0.39, 0.29) is 42.0 Å². The summed E-state index contributed by atoms with van der Waals surface area (Å²) in [6.45, 7) is 7.78. The fraction of sp³-hybridized carbons (Fsp3) is 0.455. The number of rotatable bonds is 10. The summed E-state index contributed by atoms with van der Waals surface area (Å²) in [4.78, 5) is 37.7. The molecule has 11 heteroatoms. The highest BCUT2D eigenvalue weighted by Crippen LogP contribution is 2.52. The first-order chi connectivity index (χ1) is 15.5. The molecule has 0 radical (unpaired) electrons. The number of carbonyl (C=O) groups is 2. The molecule has 0 saturated carbocycles. The highest BCUT2D eigenvalue weighted by Gasteiger charge is 2.61. The number of amides is 1. The summed E-state index contributed by atoms with van der Waals surface area (Å²) in [7, 11) is -1.94. The van der Waals surface area contributed by atoms with E-state index in [1.165, 1.54) is 34.9 Å². The summed E-state index contributed by atoms with van der Waals surface area (Å²) >= 11 is 1.18. The lowest BCUT2D eigenvalue weighted by atomic mass is 9.76. The molecule has 1 fully saturated rings. The number of aliphatic hydroxyl groups excluding tert-OH is 1. The molecule has 1 aromatic rings. The number of hydrogen-bond acceptors (Lipinski definition) is 7. The van der Waals surface area contributed by atoms with E-state index in [9.17, 15) is 24.8 Å². The summed E-state index contributed by atoms with van der Waals surface area (Å²) in [6, 6.07) is 5.77. The van der Waals surface area contributed by atoms with Crippen LogP contribution < -0.4 is 0 Å². The van der Waals surface area contributed by atoms with Gasteiger partial charge in [-0.05, 0) is 44.0 Å². The number of non-ortho nitro benzene ring substituents is 1. The second-order valence-electron chi connectivity index (χ2n) is 9.08. The third kappa shape index (κ3) is 5.21. The van der Waals surface area contributed by atoms with E-state index in [1.807, 2.05) is 26.6 Å². The molecule has 3 rings (SSSR count). The van der Waals surface area contributed by atoms with Crippen molar-refractivity contribution >= 4 is 37.6 Å². The third-order valence-corrected chi connectivity index (χ3v) is 7.82. The summed E-state index contributed by atoms with van der Waals surface area (Å²) in [5, 5.41) is 31.7. The predicted molar refractivity (Wildman–Crippen MR) is 127 cm³/mol. The van der Waals surface area contributed by atoms with E-state index in [1.54, 1.807) is 17.5 Å². The maximum atomic E-state index is 13.1. The minimum Gasteiger partial charge on any atom is -0.477 e. The number of nitrogens with zero attached hydrogens (tertiary/aromatic N) is 2. The second kappa shape index (κ2) is 9.80. The van der Waals surface area contributed by atoms with E-state index < -0.39 is 25.1 Å². The monoisotopic (exact) mass is 492 g/mol. The maximum absolute atomic E-state index is 13.1. The molecule has 1 amide bonds. The van der Waals surface area contributed by atoms with Crippen molar-refractivity contribution < 1.29 is 29.2 Å². The van der Waals surface area contributed by atoms with Gasteiger partial charge in [-0.15, -0.1) is 0 Å². The van der Waals surface area contributed by atoms with Crippen molar-refractivity contribution in [2.75, 3.05) is 6.61 Å². The Morgan fingerprint density at radius 3 is 2.48 bits per heavy atom. The number of nitro groups is 1. The van der Waals surface area contributed by atoms with Crippen molar-refractivity contribution in [1.29, 1.82) is 0 Å². The van der Waals surface area contributed by atoms with Crippen molar-refractivity contribution in [3.05, 3.63) is 62.0 Å². The number of thioether (sulfide) groups is 1. The second-order valence-corrected chi connectivity index (χ2v) is 14.5. The molecule has 178 valence electrons. The molecule has 2 N–H and O–H groups in total. The Morgan fingerprint density at radius 2 is 1.97 bits per heavy atom. The summed E-state index contributed by atoms with van der Waals surface area (Å²) in [6.07, 6.45) is 1.55. The number of β-lactam (4-membered cyclic amide) rings is 1. The van der Waals surface area contributed by atoms with Crippen molar-refractivity contribution in [1.82, 2.24) is 4.90 Å². The van der Waals surface area contributed by atoms with Crippen LogP contribution in [0.15, 0.2) is 46.4 Å². The molecule has 2 aliphatic rings. The lowest BCUT2D eigenvalue weighted by molar-refractivity contribution is -0.384. The Morgan fingerprint density at radius 1 is 1.33 bits per heavy atom. The van der Waals surface area contributed by atoms with Crippen LogP contribution in [0, 0.1) is 22.0 Å². The number of carboxylic acid groups (broad SMARTS) is 1. The van der Waals surface area contributed by atoms with Gasteiger partial charge in [-0.25, -0.2) is 4.79 Å². The standard InChI is InChI=1S/C22H28N2O7SSi/c1-13(31-33(2,3)4)17-18-16(12-14-6-8-15(9-7-14)24(29)30)20(32-11-5-10-25)19(22(27)28)23(18)21(17)26/h5-9,11,13,16-18,25H,10,12H2,1-4H3,(H,27,28)/t13-,16?,17-,18-/m0/s1. The Labute approximate surface area is 197 Å². The molecule has 1 aromatic carbocycles. The average molecular weight is 493 g/mol. The first-order valence-electron chi connectivity index (χ1n) is 10.6. The van der Waals surface area contributed by atoms with Crippen molar-refractivity contribution in [3.8, 4) is 0 Å². The molecule has 4 atom stereocenters. The molecular formula is C22H28N2O7SSi. The number of hydrogen-bond donors (Lipinski definition) is 2. The number of carbonyl (C=O) groups excluding carboxylic acids is 1. The van der Waals surface area contributed by atoms with E-state index in [2.05, 4.69) is 0 Å². The molecule has 9 nitrogen and oxygen atoms in total. The summed E-state index contributed by atoms with van der Waals surface area (Å²) < 4.78 is 6.19. The molecule has 0 spiro atoms. The van der Waals surface area contributed by atoms with E-state index in [0.29, 0.717) is 11.3 Å². The summed E-state index contributed by atoms with van der Waals surface area (Å²) in [5.41, 5.74) is 0.738. The van der Waals surface area contributed by atoms with Gasteiger partial charge >= 0.3 is 5.97 Å². The molecule has 0 bridgehead atoms. The largest absolute Gasteiger partial charge is 0.477 e. The minimum absolute atomic E-state index is 0.0251. The Balaban J connectivity index is 1.99. The number of aliphatic carboxylic acids is 1. The van der Waals surface area contributed by atoms with Gasteiger partial charge in [0.15, 0.2) is 8.32 Å². The molecule has 2 heterocycles.